The molecule has 0 aliphatic heterocycles. The summed E-state index contributed by atoms with van der Waals surface area (Å²) in [7, 11) is 0. The average Bonchev–Trinajstić information content (AvgIpc) is 1.89. The van der Waals surface area contributed by atoms with E-state index in [4.69, 9.17) is 0 Å². The van der Waals surface area contributed by atoms with Gasteiger partial charge in [-0.3, -0.25) is 0 Å². The van der Waals surface area contributed by atoms with Crippen molar-refractivity contribution in [2.24, 2.45) is 0 Å². The molecule has 0 atom stereocenters. The van der Waals surface area contributed by atoms with Gasteiger partial charge in [0.15, 0.2) is 0 Å². The van der Waals surface area contributed by atoms with Gasteiger partial charge in [0.05, 0.1) is 0 Å². The molecule has 0 rings (SSSR count). The molecule has 0 aliphatic carbocycles. The Morgan fingerprint density at radius 2 is 2.00 bits per heavy atom. The van der Waals surface area contributed by atoms with Crippen molar-refractivity contribution in [2.75, 3.05) is 0 Å². The summed E-state index contributed by atoms with van der Waals surface area (Å²) in [6, 6.07) is 0. The maximum absolute atomic E-state index is 3.62. The zero-order valence-electron chi connectivity index (χ0n) is 6.40. The van der Waals surface area contributed by atoms with Crippen LogP contribution in [0.15, 0.2) is 12.7 Å². The molecule has 0 saturated heterocycles. The van der Waals surface area contributed by atoms with E-state index in [0.717, 1.165) is 0 Å². The highest BCUT2D eigenvalue weighted by atomic mass is 13.9. The Morgan fingerprint density at radius 1 is 1.22 bits per heavy atom. The fourth-order valence-electron chi connectivity index (χ4n) is 0.807. The van der Waals surface area contributed by atoms with Crippen LogP contribution in [0.5, 0.6) is 0 Å². The minimum absolute atomic E-state index is 1.21. The Bertz CT molecular complexity index is 55.1. The van der Waals surface area contributed by atoms with Crippen molar-refractivity contribution < 1.29 is 0 Å². The van der Waals surface area contributed by atoms with Crippen LogP contribution in [0.3, 0.4) is 0 Å². The van der Waals surface area contributed by atoms with Crippen molar-refractivity contribution in [1.29, 1.82) is 0 Å². The molecule has 0 N–H and O–H groups in total. The first-order chi connectivity index (χ1) is 4.41. The number of hydrogen-bond acceptors (Lipinski definition) is 0. The summed E-state index contributed by atoms with van der Waals surface area (Å²) in [4.78, 5) is 0. The van der Waals surface area contributed by atoms with Crippen LogP contribution in [-0.2, 0) is 0 Å². The van der Waals surface area contributed by atoms with Crippen LogP contribution in [-0.4, -0.2) is 0 Å². The van der Waals surface area contributed by atoms with Crippen molar-refractivity contribution in [2.45, 2.75) is 39.0 Å². The average molecular weight is 125 g/mol. The SMILES string of the molecule is C=C[CH]CCCCCC. The van der Waals surface area contributed by atoms with Crippen LogP contribution in [0.2, 0.25) is 0 Å². The van der Waals surface area contributed by atoms with Gasteiger partial charge in [0, 0.05) is 0 Å². The first-order valence-electron chi connectivity index (χ1n) is 3.86. The molecule has 0 aromatic carbocycles. The van der Waals surface area contributed by atoms with Gasteiger partial charge in [0.1, 0.15) is 0 Å². The van der Waals surface area contributed by atoms with Crippen molar-refractivity contribution in [1.82, 2.24) is 0 Å². The first-order valence-corrected chi connectivity index (χ1v) is 3.86. The molecule has 53 valence electrons. The van der Waals surface area contributed by atoms with Gasteiger partial charge in [-0.25, -0.2) is 0 Å². The van der Waals surface area contributed by atoms with Gasteiger partial charge in [-0.15, -0.1) is 6.58 Å². The molecule has 0 heterocycles. The summed E-state index contributed by atoms with van der Waals surface area (Å²) in [5.74, 6) is 0. The second kappa shape index (κ2) is 7.74. The van der Waals surface area contributed by atoms with E-state index < -0.39 is 0 Å². The molecule has 0 fully saturated rings. The molecule has 0 bridgehead atoms. The number of hydrogen-bond donors (Lipinski definition) is 0. The highest BCUT2D eigenvalue weighted by Crippen LogP contribution is 2.03. The molecule has 0 aliphatic rings. The lowest BCUT2D eigenvalue weighted by Crippen LogP contribution is -1.75. The molecule has 0 saturated carbocycles. The fraction of sp³-hybridized carbons (Fsp3) is 0.667. The summed E-state index contributed by atoms with van der Waals surface area (Å²) in [6.07, 6.45) is 10.6. The zero-order chi connectivity index (χ0) is 6.95. The summed E-state index contributed by atoms with van der Waals surface area (Å²) in [5.41, 5.74) is 0. The summed E-state index contributed by atoms with van der Waals surface area (Å²) >= 11 is 0. The van der Waals surface area contributed by atoms with E-state index >= 15 is 0 Å². The standard InChI is InChI=1S/C9H17/c1-3-5-7-9-8-6-4-2/h3,5H,1,4,6-9H2,2H3. The predicted molar refractivity (Wildman–Crippen MR) is 43.3 cm³/mol. The van der Waals surface area contributed by atoms with E-state index in [9.17, 15) is 0 Å². The Morgan fingerprint density at radius 3 is 2.56 bits per heavy atom. The monoisotopic (exact) mass is 125 g/mol. The van der Waals surface area contributed by atoms with E-state index in [1.54, 1.807) is 0 Å². The van der Waals surface area contributed by atoms with Crippen LogP contribution in [0.1, 0.15) is 39.0 Å². The van der Waals surface area contributed by atoms with Crippen molar-refractivity contribution in [3.8, 4) is 0 Å². The maximum Gasteiger partial charge on any atom is -0.0173 e. The van der Waals surface area contributed by atoms with Gasteiger partial charge in [-0.1, -0.05) is 38.7 Å². The van der Waals surface area contributed by atoms with Crippen molar-refractivity contribution >= 4 is 0 Å². The molecular formula is C9H17. The van der Waals surface area contributed by atoms with Gasteiger partial charge in [-0.2, -0.15) is 0 Å². The Kier molecular flexibility index (Phi) is 7.52. The van der Waals surface area contributed by atoms with Crippen LogP contribution >= 0.6 is 0 Å². The molecule has 0 spiro atoms. The highest BCUT2D eigenvalue weighted by molar-refractivity contribution is 4.85. The Labute approximate surface area is 59.0 Å². The van der Waals surface area contributed by atoms with Gasteiger partial charge >= 0.3 is 0 Å². The third-order valence-electron chi connectivity index (χ3n) is 1.39. The van der Waals surface area contributed by atoms with Crippen LogP contribution < -0.4 is 0 Å². The van der Waals surface area contributed by atoms with Crippen LogP contribution in [0.25, 0.3) is 0 Å². The van der Waals surface area contributed by atoms with Gasteiger partial charge < -0.3 is 0 Å². The summed E-state index contributed by atoms with van der Waals surface area (Å²) in [6.45, 7) is 5.86. The summed E-state index contributed by atoms with van der Waals surface area (Å²) in [5, 5.41) is 0. The quantitative estimate of drug-likeness (QED) is 0.477. The van der Waals surface area contributed by atoms with E-state index in [0.29, 0.717) is 0 Å². The van der Waals surface area contributed by atoms with Gasteiger partial charge in [-0.05, 0) is 12.8 Å². The largest absolute Gasteiger partial charge is 0.103 e. The minimum atomic E-state index is 1.21. The second-order valence-corrected chi connectivity index (χ2v) is 2.32. The number of unbranched alkanes of at least 4 members (excludes halogenated alkanes) is 5. The van der Waals surface area contributed by atoms with Crippen molar-refractivity contribution in [3.05, 3.63) is 19.1 Å². The van der Waals surface area contributed by atoms with Crippen LogP contribution in [0.4, 0.5) is 0 Å². The lowest BCUT2D eigenvalue weighted by molar-refractivity contribution is 0.667. The molecule has 0 aromatic heterocycles. The molecule has 0 nitrogen and oxygen atoms in total. The molecule has 0 amide bonds. The van der Waals surface area contributed by atoms with E-state index in [2.05, 4.69) is 19.9 Å². The molecule has 0 unspecified atom stereocenters. The minimum Gasteiger partial charge on any atom is -0.103 e. The van der Waals surface area contributed by atoms with E-state index in [1.165, 1.54) is 32.1 Å². The molecule has 0 aromatic rings. The third kappa shape index (κ3) is 7.74. The van der Waals surface area contributed by atoms with Gasteiger partial charge in [0.2, 0.25) is 0 Å². The normalized spacial score (nSPS) is 9.44. The predicted octanol–water partition coefficient (Wildman–Crippen LogP) is 3.35. The third-order valence-corrected chi connectivity index (χ3v) is 1.39. The van der Waals surface area contributed by atoms with Crippen molar-refractivity contribution in [3.63, 3.8) is 0 Å². The lowest BCUT2D eigenvalue weighted by atomic mass is 10.1. The van der Waals surface area contributed by atoms with E-state index in [1.807, 2.05) is 6.08 Å². The molecule has 0 heteroatoms. The van der Waals surface area contributed by atoms with E-state index in [-0.39, 0.29) is 0 Å². The van der Waals surface area contributed by atoms with Gasteiger partial charge in [0.25, 0.3) is 0 Å². The Hall–Kier alpha value is -0.260. The number of allylic oxidation sites excluding steroid dienone is 1. The highest BCUT2D eigenvalue weighted by Gasteiger charge is 1.84. The van der Waals surface area contributed by atoms with Crippen LogP contribution in [0, 0.1) is 6.42 Å². The Balaban J connectivity index is 2.66. The topological polar surface area (TPSA) is 0 Å². The lowest BCUT2D eigenvalue weighted by Gasteiger charge is -1.94. The number of rotatable bonds is 6. The smallest absolute Gasteiger partial charge is 0.0173 e. The zero-order valence-corrected chi connectivity index (χ0v) is 6.40. The molecule has 9 heavy (non-hydrogen) atoms. The fourth-order valence-corrected chi connectivity index (χ4v) is 0.807. The maximum atomic E-state index is 3.62. The molecule has 1 radical (unpaired) electrons. The summed E-state index contributed by atoms with van der Waals surface area (Å²) < 4.78 is 0. The first kappa shape index (κ1) is 8.74. The second-order valence-electron chi connectivity index (χ2n) is 2.32. The molecular weight excluding hydrogens is 108 g/mol.